The Hall–Kier alpha value is -0.0400. The Morgan fingerprint density at radius 2 is 1.70 bits per heavy atom. The van der Waals surface area contributed by atoms with Gasteiger partial charge >= 0.3 is 0 Å². The Bertz CT molecular complexity index is 61.7. The molecule has 0 amide bonds. The summed E-state index contributed by atoms with van der Waals surface area (Å²) < 4.78 is 0. The largest absolute Gasteiger partial charge is 0.355 e. The molecule has 0 aliphatic heterocycles. The van der Waals surface area contributed by atoms with Gasteiger partial charge in [0.05, 0.1) is 6.04 Å². The molecule has 1 unspecified atom stereocenters. The van der Waals surface area contributed by atoms with Crippen LogP contribution in [0.3, 0.4) is 0 Å². The Balaban J connectivity index is 2.97. The fraction of sp³-hybridized carbons (Fsp3) is 1.00. The summed E-state index contributed by atoms with van der Waals surface area (Å²) in [6.07, 6.45) is 8.03. The first-order chi connectivity index (χ1) is 4.81. The molecule has 62 valence electrons. The van der Waals surface area contributed by atoms with Crippen molar-refractivity contribution in [3.63, 3.8) is 0 Å². The molecule has 1 nitrogen and oxygen atoms in total. The Labute approximate surface area is 65.0 Å². The van der Waals surface area contributed by atoms with Crippen LogP contribution in [0.4, 0.5) is 0 Å². The van der Waals surface area contributed by atoms with Crippen LogP contribution in [0.5, 0.6) is 0 Å². The van der Waals surface area contributed by atoms with Gasteiger partial charge in [0.25, 0.3) is 0 Å². The van der Waals surface area contributed by atoms with E-state index in [0.29, 0.717) is 0 Å². The van der Waals surface area contributed by atoms with Crippen LogP contribution in [0.25, 0.3) is 0 Å². The van der Waals surface area contributed by atoms with Crippen molar-refractivity contribution >= 4 is 0 Å². The van der Waals surface area contributed by atoms with Crippen LogP contribution < -0.4 is 5.73 Å². The number of hydrogen-bond acceptors (Lipinski definition) is 0. The van der Waals surface area contributed by atoms with Gasteiger partial charge in [-0.15, -0.1) is 0 Å². The van der Waals surface area contributed by atoms with Crippen molar-refractivity contribution in [3.8, 4) is 0 Å². The number of unbranched alkanes of at least 4 members (excludes halogenated alkanes) is 2. The van der Waals surface area contributed by atoms with E-state index in [2.05, 4.69) is 19.6 Å². The lowest BCUT2D eigenvalue weighted by molar-refractivity contribution is -0.422. The molecule has 0 heterocycles. The van der Waals surface area contributed by atoms with Gasteiger partial charge in [0.1, 0.15) is 0 Å². The SMILES string of the molecule is CCCCCC([NH3+])CCC. The van der Waals surface area contributed by atoms with Crippen molar-refractivity contribution in [3.05, 3.63) is 0 Å². The Morgan fingerprint density at radius 3 is 2.20 bits per heavy atom. The predicted octanol–water partition coefficient (Wildman–Crippen LogP) is 1.98. The molecular formula is C9H22N+. The maximum atomic E-state index is 4.10. The molecule has 1 heteroatoms. The van der Waals surface area contributed by atoms with Gasteiger partial charge in [0.2, 0.25) is 0 Å². The molecule has 0 fully saturated rings. The van der Waals surface area contributed by atoms with Gasteiger partial charge < -0.3 is 5.73 Å². The highest BCUT2D eigenvalue weighted by atomic mass is 14.6. The van der Waals surface area contributed by atoms with E-state index >= 15 is 0 Å². The van der Waals surface area contributed by atoms with Crippen molar-refractivity contribution in [2.75, 3.05) is 0 Å². The molecule has 3 N–H and O–H groups in total. The molecule has 0 bridgehead atoms. The van der Waals surface area contributed by atoms with Crippen LogP contribution in [0, 0.1) is 0 Å². The second-order valence-corrected chi connectivity index (χ2v) is 3.15. The molecule has 0 saturated heterocycles. The molecule has 0 aromatic carbocycles. The first-order valence-corrected chi connectivity index (χ1v) is 4.64. The minimum atomic E-state index is 0.719. The van der Waals surface area contributed by atoms with Gasteiger partial charge in [-0.3, -0.25) is 0 Å². The molecule has 0 aliphatic carbocycles. The first-order valence-electron chi connectivity index (χ1n) is 4.64. The topological polar surface area (TPSA) is 27.6 Å². The van der Waals surface area contributed by atoms with E-state index in [1.54, 1.807) is 0 Å². The van der Waals surface area contributed by atoms with Crippen LogP contribution in [0.15, 0.2) is 0 Å². The highest BCUT2D eigenvalue weighted by molar-refractivity contribution is 4.52. The van der Waals surface area contributed by atoms with Gasteiger partial charge in [-0.25, -0.2) is 0 Å². The van der Waals surface area contributed by atoms with Crippen LogP contribution in [0.2, 0.25) is 0 Å². The van der Waals surface area contributed by atoms with E-state index in [9.17, 15) is 0 Å². The lowest BCUT2D eigenvalue weighted by Crippen LogP contribution is -2.60. The minimum absolute atomic E-state index is 0.719. The number of quaternary nitrogens is 1. The van der Waals surface area contributed by atoms with E-state index in [4.69, 9.17) is 0 Å². The lowest BCUT2D eigenvalue weighted by atomic mass is 10.1. The van der Waals surface area contributed by atoms with Gasteiger partial charge in [0, 0.05) is 0 Å². The normalized spacial score (nSPS) is 13.5. The fourth-order valence-corrected chi connectivity index (χ4v) is 1.24. The average Bonchev–Trinajstić information content (AvgIpc) is 1.89. The third kappa shape index (κ3) is 6.09. The zero-order valence-electron chi connectivity index (χ0n) is 7.53. The highest BCUT2D eigenvalue weighted by Gasteiger charge is 2.02. The minimum Gasteiger partial charge on any atom is -0.355 e. The zero-order chi connectivity index (χ0) is 7.82. The van der Waals surface area contributed by atoms with Crippen molar-refractivity contribution in [2.24, 2.45) is 0 Å². The van der Waals surface area contributed by atoms with Crippen LogP contribution >= 0.6 is 0 Å². The van der Waals surface area contributed by atoms with E-state index < -0.39 is 0 Å². The number of hydrogen-bond donors (Lipinski definition) is 1. The smallest absolute Gasteiger partial charge is 0.0843 e. The number of rotatable bonds is 6. The fourth-order valence-electron chi connectivity index (χ4n) is 1.24. The Morgan fingerprint density at radius 1 is 1.00 bits per heavy atom. The molecule has 0 aromatic rings. The molecule has 0 aliphatic rings. The third-order valence-corrected chi connectivity index (χ3v) is 1.91. The summed E-state index contributed by atoms with van der Waals surface area (Å²) in [6.45, 7) is 4.48. The molecule has 1 atom stereocenters. The van der Waals surface area contributed by atoms with Gasteiger partial charge in [0.15, 0.2) is 0 Å². The molecule has 0 radical (unpaired) electrons. The van der Waals surface area contributed by atoms with Gasteiger partial charge in [-0.2, -0.15) is 0 Å². The molecular weight excluding hydrogens is 122 g/mol. The van der Waals surface area contributed by atoms with Crippen LogP contribution in [-0.4, -0.2) is 6.04 Å². The molecule has 0 aromatic heterocycles. The van der Waals surface area contributed by atoms with Gasteiger partial charge in [-0.1, -0.05) is 33.1 Å². The summed E-state index contributed by atoms with van der Waals surface area (Å²) >= 11 is 0. The van der Waals surface area contributed by atoms with E-state index in [1.807, 2.05) is 0 Å². The lowest BCUT2D eigenvalue weighted by Gasteiger charge is -2.04. The second-order valence-electron chi connectivity index (χ2n) is 3.15. The van der Waals surface area contributed by atoms with Crippen LogP contribution in [0.1, 0.15) is 52.4 Å². The van der Waals surface area contributed by atoms with E-state index in [1.165, 1.54) is 38.5 Å². The quantitative estimate of drug-likeness (QED) is 0.552. The summed E-state index contributed by atoms with van der Waals surface area (Å²) in [5, 5.41) is 0. The maximum Gasteiger partial charge on any atom is 0.0843 e. The van der Waals surface area contributed by atoms with Crippen LogP contribution in [-0.2, 0) is 0 Å². The zero-order valence-corrected chi connectivity index (χ0v) is 7.53. The average molecular weight is 144 g/mol. The Kier molecular flexibility index (Phi) is 7.04. The second kappa shape index (κ2) is 7.07. The third-order valence-electron chi connectivity index (χ3n) is 1.91. The molecule has 10 heavy (non-hydrogen) atoms. The molecule has 0 rings (SSSR count). The van der Waals surface area contributed by atoms with Crippen molar-refractivity contribution in [1.29, 1.82) is 0 Å². The monoisotopic (exact) mass is 144 g/mol. The summed E-state index contributed by atoms with van der Waals surface area (Å²) in [7, 11) is 0. The summed E-state index contributed by atoms with van der Waals surface area (Å²) in [5.74, 6) is 0. The van der Waals surface area contributed by atoms with Crippen molar-refractivity contribution in [1.82, 2.24) is 0 Å². The predicted molar refractivity (Wildman–Crippen MR) is 45.7 cm³/mol. The first kappa shape index (κ1) is 9.96. The summed E-state index contributed by atoms with van der Waals surface area (Å²) in [6, 6.07) is 0.719. The van der Waals surface area contributed by atoms with Gasteiger partial charge in [-0.05, 0) is 19.3 Å². The molecule has 0 spiro atoms. The maximum absolute atomic E-state index is 4.10. The standard InChI is InChI=1S/C9H21N/c1-3-5-6-8-9(10)7-4-2/h9H,3-8,10H2,1-2H3/p+1. The highest BCUT2D eigenvalue weighted by Crippen LogP contribution is 2.04. The summed E-state index contributed by atoms with van der Waals surface area (Å²) in [4.78, 5) is 0. The summed E-state index contributed by atoms with van der Waals surface area (Å²) in [5.41, 5.74) is 4.10. The van der Waals surface area contributed by atoms with Crippen molar-refractivity contribution < 1.29 is 5.73 Å². The van der Waals surface area contributed by atoms with E-state index in [0.717, 1.165) is 6.04 Å². The van der Waals surface area contributed by atoms with Crippen molar-refractivity contribution in [2.45, 2.75) is 58.4 Å². The van der Waals surface area contributed by atoms with E-state index in [-0.39, 0.29) is 0 Å². The molecule has 0 saturated carbocycles.